The topological polar surface area (TPSA) is 59.8 Å². The zero-order valence-corrected chi connectivity index (χ0v) is 13.0. The van der Waals surface area contributed by atoms with E-state index in [1.807, 2.05) is 41.9 Å². The summed E-state index contributed by atoms with van der Waals surface area (Å²) < 4.78 is 1.89. The van der Waals surface area contributed by atoms with Gasteiger partial charge in [0.15, 0.2) is 0 Å². The average molecular weight is 306 g/mol. The molecule has 1 aromatic carbocycles. The SMILES string of the molecule is Cn1c(NC(=O)c2cnc3c(c2)CCCC3)nc2ccccc21. The summed E-state index contributed by atoms with van der Waals surface area (Å²) >= 11 is 0. The number of amides is 1. The first kappa shape index (κ1) is 13.9. The maximum atomic E-state index is 12.5. The molecule has 0 spiro atoms. The average Bonchev–Trinajstić information content (AvgIpc) is 2.91. The maximum Gasteiger partial charge on any atom is 0.259 e. The second-order valence-electron chi connectivity index (χ2n) is 5.97. The molecular weight excluding hydrogens is 288 g/mol. The molecule has 0 saturated carbocycles. The van der Waals surface area contributed by atoms with E-state index in [-0.39, 0.29) is 5.91 Å². The Morgan fingerprint density at radius 1 is 1.22 bits per heavy atom. The Morgan fingerprint density at radius 3 is 2.91 bits per heavy atom. The Hall–Kier alpha value is -2.69. The predicted molar refractivity (Wildman–Crippen MR) is 89.5 cm³/mol. The summed E-state index contributed by atoms with van der Waals surface area (Å²) in [4.78, 5) is 21.5. The molecule has 3 aromatic rings. The monoisotopic (exact) mass is 306 g/mol. The summed E-state index contributed by atoms with van der Waals surface area (Å²) in [7, 11) is 1.90. The Bertz CT molecular complexity index is 897. The molecule has 0 unspecified atom stereocenters. The van der Waals surface area contributed by atoms with Gasteiger partial charge in [-0.25, -0.2) is 4.98 Å². The molecule has 1 amide bonds. The van der Waals surface area contributed by atoms with Gasteiger partial charge in [0.05, 0.1) is 16.6 Å². The molecule has 0 radical (unpaired) electrons. The van der Waals surface area contributed by atoms with Crippen LogP contribution in [0.2, 0.25) is 0 Å². The van der Waals surface area contributed by atoms with E-state index in [0.29, 0.717) is 11.5 Å². The van der Waals surface area contributed by atoms with E-state index in [2.05, 4.69) is 15.3 Å². The van der Waals surface area contributed by atoms with Crippen molar-refractivity contribution in [2.24, 2.45) is 7.05 Å². The van der Waals surface area contributed by atoms with Gasteiger partial charge in [-0.15, -0.1) is 0 Å². The number of imidazole rings is 1. The van der Waals surface area contributed by atoms with Gasteiger partial charge in [-0.05, 0) is 49.4 Å². The van der Waals surface area contributed by atoms with Crippen LogP contribution in [0.5, 0.6) is 0 Å². The molecule has 0 bridgehead atoms. The quantitative estimate of drug-likeness (QED) is 0.791. The molecule has 0 aliphatic heterocycles. The van der Waals surface area contributed by atoms with Gasteiger partial charge in [0.25, 0.3) is 5.91 Å². The van der Waals surface area contributed by atoms with Crippen LogP contribution in [-0.4, -0.2) is 20.4 Å². The number of benzene rings is 1. The number of fused-ring (bicyclic) bond motifs is 2. The number of nitrogens with one attached hydrogen (secondary N) is 1. The molecule has 0 saturated heterocycles. The number of para-hydroxylation sites is 2. The minimum Gasteiger partial charge on any atom is -0.313 e. The summed E-state index contributed by atoms with van der Waals surface area (Å²) in [5, 5.41) is 2.90. The second kappa shape index (κ2) is 5.50. The largest absolute Gasteiger partial charge is 0.313 e. The van der Waals surface area contributed by atoms with Gasteiger partial charge in [-0.1, -0.05) is 12.1 Å². The lowest BCUT2D eigenvalue weighted by atomic mass is 9.95. The number of carbonyl (C=O) groups is 1. The Labute approximate surface area is 134 Å². The normalized spacial score (nSPS) is 13.8. The number of hydrogen-bond acceptors (Lipinski definition) is 3. The van der Waals surface area contributed by atoms with Crippen LogP contribution in [0, 0.1) is 0 Å². The molecular formula is C18H18N4O. The Balaban J connectivity index is 1.63. The van der Waals surface area contributed by atoms with Crippen molar-refractivity contribution in [3.05, 3.63) is 53.3 Å². The molecule has 5 heteroatoms. The van der Waals surface area contributed by atoms with E-state index in [9.17, 15) is 4.79 Å². The minimum absolute atomic E-state index is 0.163. The maximum absolute atomic E-state index is 12.5. The Morgan fingerprint density at radius 2 is 2.04 bits per heavy atom. The molecule has 2 heterocycles. The van der Waals surface area contributed by atoms with Crippen molar-refractivity contribution in [3.8, 4) is 0 Å². The zero-order valence-electron chi connectivity index (χ0n) is 13.0. The van der Waals surface area contributed by atoms with E-state index in [1.54, 1.807) is 6.20 Å². The number of nitrogens with zero attached hydrogens (tertiary/aromatic N) is 3. The highest BCUT2D eigenvalue weighted by atomic mass is 16.1. The highest BCUT2D eigenvalue weighted by molar-refractivity contribution is 6.04. The predicted octanol–water partition coefficient (Wildman–Crippen LogP) is 3.10. The third-order valence-corrected chi connectivity index (χ3v) is 4.44. The lowest BCUT2D eigenvalue weighted by Gasteiger charge is -2.15. The standard InChI is InChI=1S/C18H18N4O/c1-22-16-9-5-4-8-15(16)20-18(22)21-17(23)13-10-12-6-2-3-7-14(12)19-11-13/h4-5,8-11H,2-3,6-7H2,1H3,(H,20,21,23). The minimum atomic E-state index is -0.163. The van der Waals surface area contributed by atoms with Crippen LogP contribution < -0.4 is 5.32 Å². The third kappa shape index (κ3) is 2.48. The van der Waals surface area contributed by atoms with Gasteiger partial charge in [0, 0.05) is 18.9 Å². The van der Waals surface area contributed by atoms with Crippen LogP contribution in [0.4, 0.5) is 5.95 Å². The molecule has 23 heavy (non-hydrogen) atoms. The summed E-state index contributed by atoms with van der Waals surface area (Å²) in [5.74, 6) is 0.387. The molecule has 4 rings (SSSR count). The molecule has 2 aromatic heterocycles. The van der Waals surface area contributed by atoms with Crippen molar-refractivity contribution in [2.45, 2.75) is 25.7 Å². The first-order chi connectivity index (χ1) is 11.2. The fourth-order valence-electron chi connectivity index (χ4n) is 3.14. The van der Waals surface area contributed by atoms with Gasteiger partial charge < -0.3 is 4.57 Å². The fourth-order valence-corrected chi connectivity index (χ4v) is 3.14. The van der Waals surface area contributed by atoms with E-state index >= 15 is 0 Å². The van der Waals surface area contributed by atoms with Crippen LogP contribution in [0.15, 0.2) is 36.5 Å². The number of aryl methyl sites for hydroxylation is 3. The molecule has 0 fully saturated rings. The number of carbonyl (C=O) groups excluding carboxylic acids is 1. The lowest BCUT2D eigenvalue weighted by Crippen LogP contribution is -2.17. The molecule has 5 nitrogen and oxygen atoms in total. The fraction of sp³-hybridized carbons (Fsp3) is 0.278. The van der Waals surface area contributed by atoms with Crippen molar-refractivity contribution in [1.82, 2.24) is 14.5 Å². The third-order valence-electron chi connectivity index (χ3n) is 4.44. The van der Waals surface area contributed by atoms with Crippen LogP contribution in [0.3, 0.4) is 0 Å². The lowest BCUT2D eigenvalue weighted by molar-refractivity contribution is 0.102. The molecule has 0 atom stereocenters. The van der Waals surface area contributed by atoms with Gasteiger partial charge in [-0.2, -0.15) is 0 Å². The van der Waals surface area contributed by atoms with Crippen LogP contribution >= 0.6 is 0 Å². The van der Waals surface area contributed by atoms with Crippen LogP contribution in [-0.2, 0) is 19.9 Å². The number of hydrogen-bond donors (Lipinski definition) is 1. The van der Waals surface area contributed by atoms with Gasteiger partial charge in [-0.3, -0.25) is 15.1 Å². The van der Waals surface area contributed by atoms with E-state index in [4.69, 9.17) is 0 Å². The molecule has 1 aliphatic rings. The van der Waals surface area contributed by atoms with Crippen molar-refractivity contribution >= 4 is 22.9 Å². The number of pyridine rings is 1. The summed E-state index contributed by atoms with van der Waals surface area (Å²) in [6.45, 7) is 0. The van der Waals surface area contributed by atoms with Crippen molar-refractivity contribution in [2.75, 3.05) is 5.32 Å². The molecule has 1 aliphatic carbocycles. The van der Waals surface area contributed by atoms with E-state index in [1.165, 1.54) is 18.4 Å². The summed E-state index contributed by atoms with van der Waals surface area (Å²) in [5.41, 5.74) is 4.79. The van der Waals surface area contributed by atoms with E-state index in [0.717, 1.165) is 29.6 Å². The van der Waals surface area contributed by atoms with Crippen LogP contribution in [0.1, 0.15) is 34.5 Å². The van der Waals surface area contributed by atoms with Crippen molar-refractivity contribution in [3.63, 3.8) is 0 Å². The highest BCUT2D eigenvalue weighted by Crippen LogP contribution is 2.21. The number of rotatable bonds is 2. The number of aromatic nitrogens is 3. The van der Waals surface area contributed by atoms with Gasteiger partial charge >= 0.3 is 0 Å². The number of anilines is 1. The molecule has 1 N–H and O–H groups in total. The van der Waals surface area contributed by atoms with Crippen molar-refractivity contribution in [1.29, 1.82) is 0 Å². The summed E-state index contributed by atoms with van der Waals surface area (Å²) in [6, 6.07) is 9.79. The smallest absolute Gasteiger partial charge is 0.259 e. The summed E-state index contributed by atoms with van der Waals surface area (Å²) in [6.07, 6.45) is 6.05. The van der Waals surface area contributed by atoms with Crippen LogP contribution in [0.25, 0.3) is 11.0 Å². The Kier molecular flexibility index (Phi) is 3.33. The van der Waals surface area contributed by atoms with E-state index < -0.39 is 0 Å². The zero-order chi connectivity index (χ0) is 15.8. The highest BCUT2D eigenvalue weighted by Gasteiger charge is 2.16. The first-order valence-corrected chi connectivity index (χ1v) is 7.93. The second-order valence-corrected chi connectivity index (χ2v) is 5.97. The van der Waals surface area contributed by atoms with Crippen molar-refractivity contribution < 1.29 is 4.79 Å². The van der Waals surface area contributed by atoms with Gasteiger partial charge in [0.1, 0.15) is 0 Å². The van der Waals surface area contributed by atoms with Gasteiger partial charge in [0.2, 0.25) is 5.95 Å². The molecule has 116 valence electrons. The first-order valence-electron chi connectivity index (χ1n) is 7.93.